The Bertz CT molecular complexity index is 654. The van der Waals surface area contributed by atoms with Crippen molar-refractivity contribution in [1.29, 1.82) is 0 Å². The Hall–Kier alpha value is -1.56. The smallest absolute Gasteiger partial charge is 0.410 e. The number of amides is 1. The van der Waals surface area contributed by atoms with E-state index in [0.29, 0.717) is 13.0 Å². The van der Waals surface area contributed by atoms with Crippen LogP contribution in [0.3, 0.4) is 0 Å². The summed E-state index contributed by atoms with van der Waals surface area (Å²) >= 11 is 3.63. The molecule has 26 heavy (non-hydrogen) atoms. The quantitative estimate of drug-likeness (QED) is 0.621. The maximum absolute atomic E-state index is 12.9. The Labute approximate surface area is 164 Å². The Kier molecular flexibility index (Phi) is 7.09. The first kappa shape index (κ1) is 20.7. The second kappa shape index (κ2) is 8.89. The SMILES string of the molecule is COC(=O)CCCN(C(=O)OC(C)(C)C)C1CCCc2c(Br)cccc21. The summed E-state index contributed by atoms with van der Waals surface area (Å²) in [7, 11) is 1.38. The summed E-state index contributed by atoms with van der Waals surface area (Å²) in [6.45, 7) is 6.05. The molecule has 1 aromatic carbocycles. The van der Waals surface area contributed by atoms with Crippen molar-refractivity contribution in [3.63, 3.8) is 0 Å². The van der Waals surface area contributed by atoms with E-state index >= 15 is 0 Å². The van der Waals surface area contributed by atoms with Crippen LogP contribution in [0.25, 0.3) is 0 Å². The Morgan fingerprint density at radius 3 is 2.69 bits per heavy atom. The molecule has 1 unspecified atom stereocenters. The normalized spacial score (nSPS) is 16.6. The van der Waals surface area contributed by atoms with Gasteiger partial charge in [-0.05, 0) is 63.6 Å². The summed E-state index contributed by atoms with van der Waals surface area (Å²) in [5, 5.41) is 0. The first-order chi connectivity index (χ1) is 12.2. The van der Waals surface area contributed by atoms with Gasteiger partial charge in [0, 0.05) is 17.4 Å². The van der Waals surface area contributed by atoms with Gasteiger partial charge in [0.15, 0.2) is 0 Å². The monoisotopic (exact) mass is 425 g/mol. The predicted molar refractivity (Wildman–Crippen MR) is 104 cm³/mol. The van der Waals surface area contributed by atoms with Gasteiger partial charge in [0.2, 0.25) is 0 Å². The van der Waals surface area contributed by atoms with Gasteiger partial charge < -0.3 is 14.4 Å². The van der Waals surface area contributed by atoms with Crippen LogP contribution in [0.2, 0.25) is 0 Å². The highest BCUT2D eigenvalue weighted by Crippen LogP contribution is 2.38. The number of methoxy groups -OCH3 is 1. The van der Waals surface area contributed by atoms with Crippen LogP contribution in [-0.4, -0.2) is 36.2 Å². The largest absolute Gasteiger partial charge is 0.469 e. The molecule has 0 radical (unpaired) electrons. The zero-order valence-corrected chi connectivity index (χ0v) is 17.6. The summed E-state index contributed by atoms with van der Waals surface area (Å²) < 4.78 is 11.4. The highest BCUT2D eigenvalue weighted by molar-refractivity contribution is 9.10. The number of hydrogen-bond donors (Lipinski definition) is 0. The molecule has 2 rings (SSSR count). The van der Waals surface area contributed by atoms with Crippen LogP contribution in [0.15, 0.2) is 22.7 Å². The summed E-state index contributed by atoms with van der Waals surface area (Å²) in [5.74, 6) is -0.263. The molecule has 0 saturated carbocycles. The molecule has 1 aromatic rings. The molecule has 1 atom stereocenters. The lowest BCUT2D eigenvalue weighted by atomic mass is 9.87. The molecule has 0 saturated heterocycles. The molecule has 144 valence electrons. The van der Waals surface area contributed by atoms with E-state index in [2.05, 4.69) is 22.0 Å². The van der Waals surface area contributed by atoms with Gasteiger partial charge >= 0.3 is 12.1 Å². The van der Waals surface area contributed by atoms with Crippen molar-refractivity contribution in [3.8, 4) is 0 Å². The highest BCUT2D eigenvalue weighted by atomic mass is 79.9. The lowest BCUT2D eigenvalue weighted by molar-refractivity contribution is -0.140. The van der Waals surface area contributed by atoms with E-state index in [9.17, 15) is 9.59 Å². The maximum atomic E-state index is 12.9. The fraction of sp³-hybridized carbons (Fsp3) is 0.600. The van der Waals surface area contributed by atoms with Crippen LogP contribution in [0, 0.1) is 0 Å². The number of rotatable bonds is 5. The molecule has 1 amide bonds. The Morgan fingerprint density at radius 1 is 1.31 bits per heavy atom. The van der Waals surface area contributed by atoms with Crippen LogP contribution >= 0.6 is 15.9 Å². The van der Waals surface area contributed by atoms with Gasteiger partial charge in [-0.25, -0.2) is 4.79 Å². The van der Waals surface area contributed by atoms with E-state index in [1.165, 1.54) is 12.7 Å². The molecule has 0 bridgehead atoms. The first-order valence-corrected chi connectivity index (χ1v) is 9.86. The minimum atomic E-state index is -0.563. The molecular weight excluding hydrogens is 398 g/mol. The maximum Gasteiger partial charge on any atom is 0.410 e. The van der Waals surface area contributed by atoms with Gasteiger partial charge in [-0.3, -0.25) is 4.79 Å². The minimum Gasteiger partial charge on any atom is -0.469 e. The van der Waals surface area contributed by atoms with Crippen LogP contribution in [-0.2, 0) is 20.7 Å². The number of nitrogens with zero attached hydrogens (tertiary/aromatic N) is 1. The number of hydrogen-bond acceptors (Lipinski definition) is 4. The fourth-order valence-corrected chi connectivity index (χ4v) is 3.87. The summed E-state index contributed by atoms with van der Waals surface area (Å²) in [6, 6.07) is 6.09. The number of ether oxygens (including phenoxy) is 2. The summed E-state index contributed by atoms with van der Waals surface area (Å²) in [6.07, 6.45) is 3.40. The minimum absolute atomic E-state index is 0.0382. The van der Waals surface area contributed by atoms with E-state index < -0.39 is 5.60 Å². The van der Waals surface area contributed by atoms with Crippen molar-refractivity contribution >= 4 is 28.0 Å². The number of benzene rings is 1. The third kappa shape index (κ3) is 5.47. The van der Waals surface area contributed by atoms with Gasteiger partial charge in [-0.2, -0.15) is 0 Å². The Balaban J connectivity index is 2.25. The number of halogens is 1. The third-order valence-corrected chi connectivity index (χ3v) is 5.17. The molecular formula is C20H28BrNO4. The van der Waals surface area contributed by atoms with E-state index in [1.807, 2.05) is 32.9 Å². The van der Waals surface area contributed by atoms with Crippen LogP contribution in [0.4, 0.5) is 4.79 Å². The zero-order chi connectivity index (χ0) is 19.3. The molecule has 0 aromatic heterocycles. The van der Waals surface area contributed by atoms with Crippen molar-refractivity contribution in [2.45, 2.75) is 64.5 Å². The van der Waals surface area contributed by atoms with Gasteiger partial charge in [-0.1, -0.05) is 28.1 Å². The molecule has 0 heterocycles. The van der Waals surface area contributed by atoms with Crippen molar-refractivity contribution in [2.24, 2.45) is 0 Å². The number of esters is 1. The Morgan fingerprint density at radius 2 is 2.04 bits per heavy atom. The fourth-order valence-electron chi connectivity index (χ4n) is 3.29. The topological polar surface area (TPSA) is 55.8 Å². The molecule has 0 spiro atoms. The van der Waals surface area contributed by atoms with Crippen LogP contribution < -0.4 is 0 Å². The lowest BCUT2D eigenvalue weighted by Gasteiger charge is -2.37. The molecule has 0 N–H and O–H groups in total. The van der Waals surface area contributed by atoms with Crippen molar-refractivity contribution in [2.75, 3.05) is 13.7 Å². The van der Waals surface area contributed by atoms with E-state index in [4.69, 9.17) is 9.47 Å². The molecule has 6 heteroatoms. The summed E-state index contributed by atoms with van der Waals surface area (Å²) in [4.78, 5) is 26.1. The predicted octanol–water partition coefficient (Wildman–Crippen LogP) is 5.02. The van der Waals surface area contributed by atoms with Gasteiger partial charge in [0.25, 0.3) is 0 Å². The molecule has 1 aliphatic rings. The average molecular weight is 426 g/mol. The first-order valence-electron chi connectivity index (χ1n) is 9.06. The van der Waals surface area contributed by atoms with Gasteiger partial charge in [-0.15, -0.1) is 0 Å². The van der Waals surface area contributed by atoms with Gasteiger partial charge in [0.1, 0.15) is 5.60 Å². The van der Waals surface area contributed by atoms with Gasteiger partial charge in [0.05, 0.1) is 13.2 Å². The second-order valence-corrected chi connectivity index (χ2v) is 8.42. The molecule has 0 aliphatic heterocycles. The highest BCUT2D eigenvalue weighted by Gasteiger charge is 2.32. The lowest BCUT2D eigenvalue weighted by Crippen LogP contribution is -2.41. The third-order valence-electron chi connectivity index (χ3n) is 4.43. The van der Waals surface area contributed by atoms with Crippen molar-refractivity contribution in [1.82, 2.24) is 4.90 Å². The zero-order valence-electron chi connectivity index (χ0n) is 16.0. The molecule has 1 aliphatic carbocycles. The van der Waals surface area contributed by atoms with E-state index in [0.717, 1.165) is 29.3 Å². The van der Waals surface area contributed by atoms with E-state index in [1.54, 1.807) is 4.90 Å². The van der Waals surface area contributed by atoms with Crippen molar-refractivity contribution < 1.29 is 19.1 Å². The van der Waals surface area contributed by atoms with Crippen LogP contribution in [0.1, 0.15) is 63.6 Å². The average Bonchev–Trinajstić information content (AvgIpc) is 2.57. The van der Waals surface area contributed by atoms with Crippen molar-refractivity contribution in [3.05, 3.63) is 33.8 Å². The number of carbonyl (C=O) groups is 2. The molecule has 5 nitrogen and oxygen atoms in total. The standard InChI is InChI=1S/C20H28BrNO4/c1-20(2,3)26-19(24)22(13-7-12-18(23)25-4)17-11-6-8-14-15(17)9-5-10-16(14)21/h5,9-10,17H,6-8,11-13H2,1-4H3. The summed E-state index contributed by atoms with van der Waals surface area (Å²) in [5.41, 5.74) is 1.85. The van der Waals surface area contributed by atoms with Crippen LogP contribution in [0.5, 0.6) is 0 Å². The number of fused-ring (bicyclic) bond motifs is 1. The number of carbonyl (C=O) groups excluding carboxylic acids is 2. The van der Waals surface area contributed by atoms with E-state index in [-0.39, 0.29) is 24.5 Å². The molecule has 0 fully saturated rings. The second-order valence-electron chi connectivity index (χ2n) is 7.57.